The van der Waals surface area contributed by atoms with Crippen molar-refractivity contribution in [3.8, 4) is 10.8 Å². The molecule has 1 aromatic carbocycles. The minimum Gasteiger partial charge on any atom is -0.454 e. The molecule has 0 saturated heterocycles. The normalized spacial score (nSPS) is 10.6. The summed E-state index contributed by atoms with van der Waals surface area (Å²) in [6, 6.07) is 7.96. The van der Waals surface area contributed by atoms with Gasteiger partial charge in [-0.05, 0) is 29.8 Å². The van der Waals surface area contributed by atoms with Crippen LogP contribution < -0.4 is 0 Å². The molecule has 0 amide bonds. The van der Waals surface area contributed by atoms with Gasteiger partial charge in [-0.2, -0.15) is 4.98 Å². The van der Waals surface area contributed by atoms with Crippen LogP contribution >= 0.6 is 23.1 Å². The first-order valence-corrected chi connectivity index (χ1v) is 9.05. The summed E-state index contributed by atoms with van der Waals surface area (Å²) < 4.78 is 10.2. The van der Waals surface area contributed by atoms with Gasteiger partial charge in [0.25, 0.3) is 11.6 Å². The summed E-state index contributed by atoms with van der Waals surface area (Å²) in [4.78, 5) is 28.3. The molecule has 0 aliphatic carbocycles. The number of rotatable bonds is 6. The van der Waals surface area contributed by atoms with Crippen molar-refractivity contribution >= 4 is 34.8 Å². The van der Waals surface area contributed by atoms with E-state index < -0.39 is 10.9 Å². The summed E-state index contributed by atoms with van der Waals surface area (Å²) in [5, 5.41) is 16.7. The van der Waals surface area contributed by atoms with Crippen molar-refractivity contribution in [1.29, 1.82) is 0 Å². The number of nitro groups is 1. The molecule has 0 saturated carbocycles. The number of hydrogen-bond acceptors (Lipinski definition) is 9. The second kappa shape index (κ2) is 7.45. The van der Waals surface area contributed by atoms with Crippen LogP contribution in [-0.4, -0.2) is 27.3 Å². The zero-order valence-corrected chi connectivity index (χ0v) is 14.5. The number of nitro benzene ring substituents is 1. The van der Waals surface area contributed by atoms with E-state index in [1.165, 1.54) is 35.2 Å². The number of nitrogens with zero attached hydrogens (tertiary/aromatic N) is 3. The van der Waals surface area contributed by atoms with E-state index in [1.807, 2.05) is 23.8 Å². The molecule has 2 heterocycles. The molecule has 0 aliphatic heterocycles. The zero-order chi connectivity index (χ0) is 17.8. The maximum atomic E-state index is 12.2. The molecule has 3 aromatic rings. The van der Waals surface area contributed by atoms with Gasteiger partial charge in [-0.15, -0.1) is 23.1 Å². The van der Waals surface area contributed by atoms with Crippen molar-refractivity contribution in [2.45, 2.75) is 11.5 Å². The molecule has 0 spiro atoms. The Balaban J connectivity index is 1.73. The standard InChI is InChI=1S/C15H11N3O5S2/c1-24-9-4-5-11(18(20)21)10(7-9)15(19)22-8-13-16-14(23-17-13)12-3-2-6-25-12/h2-7H,8H2,1H3. The second-order valence-electron chi connectivity index (χ2n) is 4.71. The fraction of sp³-hybridized carbons (Fsp3) is 0.133. The van der Waals surface area contributed by atoms with Crippen molar-refractivity contribution in [2.24, 2.45) is 0 Å². The third-order valence-electron chi connectivity index (χ3n) is 3.15. The molecular weight excluding hydrogens is 366 g/mol. The van der Waals surface area contributed by atoms with Crippen molar-refractivity contribution in [3.05, 3.63) is 57.2 Å². The van der Waals surface area contributed by atoms with Crippen molar-refractivity contribution in [2.75, 3.05) is 6.26 Å². The minimum atomic E-state index is -0.815. The first-order valence-electron chi connectivity index (χ1n) is 6.94. The average Bonchev–Trinajstić information content (AvgIpc) is 3.30. The molecule has 25 heavy (non-hydrogen) atoms. The van der Waals surface area contributed by atoms with Gasteiger partial charge in [0.2, 0.25) is 5.82 Å². The molecule has 0 unspecified atom stereocenters. The molecule has 0 bridgehead atoms. The molecule has 0 aliphatic rings. The van der Waals surface area contributed by atoms with E-state index in [9.17, 15) is 14.9 Å². The summed E-state index contributed by atoms with van der Waals surface area (Å²) >= 11 is 2.81. The van der Waals surface area contributed by atoms with Crippen LogP contribution in [0, 0.1) is 10.1 Å². The van der Waals surface area contributed by atoms with Gasteiger partial charge in [-0.1, -0.05) is 11.2 Å². The lowest BCUT2D eigenvalue weighted by molar-refractivity contribution is -0.385. The Hall–Kier alpha value is -2.72. The summed E-state index contributed by atoms with van der Waals surface area (Å²) in [5.74, 6) is -0.304. The monoisotopic (exact) mass is 377 g/mol. The van der Waals surface area contributed by atoms with E-state index in [0.29, 0.717) is 5.89 Å². The minimum absolute atomic E-state index is 0.112. The Morgan fingerprint density at radius 3 is 2.96 bits per heavy atom. The van der Waals surface area contributed by atoms with E-state index in [1.54, 1.807) is 6.07 Å². The number of benzene rings is 1. The van der Waals surface area contributed by atoms with Crippen LogP contribution in [-0.2, 0) is 11.3 Å². The molecule has 8 nitrogen and oxygen atoms in total. The molecule has 10 heteroatoms. The lowest BCUT2D eigenvalue weighted by Crippen LogP contribution is -2.09. The highest BCUT2D eigenvalue weighted by Crippen LogP contribution is 2.26. The summed E-state index contributed by atoms with van der Waals surface area (Å²) in [7, 11) is 0. The summed E-state index contributed by atoms with van der Waals surface area (Å²) in [6.07, 6.45) is 1.81. The van der Waals surface area contributed by atoms with Crippen molar-refractivity contribution < 1.29 is 19.0 Å². The predicted octanol–water partition coefficient (Wildman–Crippen LogP) is 3.79. The van der Waals surface area contributed by atoms with Gasteiger partial charge in [-0.3, -0.25) is 10.1 Å². The maximum Gasteiger partial charge on any atom is 0.345 e. The Bertz CT molecular complexity index is 908. The van der Waals surface area contributed by atoms with Gasteiger partial charge in [0.1, 0.15) is 5.56 Å². The van der Waals surface area contributed by atoms with Crippen molar-refractivity contribution in [1.82, 2.24) is 10.1 Å². The van der Waals surface area contributed by atoms with Crippen LogP contribution in [0.5, 0.6) is 0 Å². The number of esters is 1. The zero-order valence-electron chi connectivity index (χ0n) is 12.9. The van der Waals surface area contributed by atoms with Gasteiger partial charge in [0, 0.05) is 11.0 Å². The third-order valence-corrected chi connectivity index (χ3v) is 4.74. The van der Waals surface area contributed by atoms with E-state index in [2.05, 4.69) is 10.1 Å². The summed E-state index contributed by atoms with van der Waals surface area (Å²) in [6.45, 7) is -0.242. The lowest BCUT2D eigenvalue weighted by atomic mass is 10.2. The molecule has 0 fully saturated rings. The van der Waals surface area contributed by atoms with Crippen LogP contribution in [0.15, 0.2) is 45.1 Å². The van der Waals surface area contributed by atoms with E-state index in [0.717, 1.165) is 9.77 Å². The molecule has 0 atom stereocenters. The number of ether oxygens (including phenoxy) is 1. The second-order valence-corrected chi connectivity index (χ2v) is 6.54. The van der Waals surface area contributed by atoms with E-state index in [-0.39, 0.29) is 23.7 Å². The smallest absolute Gasteiger partial charge is 0.345 e. The fourth-order valence-electron chi connectivity index (χ4n) is 1.99. The summed E-state index contributed by atoms with van der Waals surface area (Å²) in [5.41, 5.74) is -0.422. The van der Waals surface area contributed by atoms with Gasteiger partial charge in [0.05, 0.1) is 9.80 Å². The SMILES string of the molecule is CSc1ccc([N+](=O)[O-])c(C(=O)OCc2noc(-c3cccs3)n2)c1. The number of hydrogen-bond donors (Lipinski definition) is 0. The van der Waals surface area contributed by atoms with Crippen LogP contribution in [0.25, 0.3) is 10.8 Å². The highest BCUT2D eigenvalue weighted by atomic mass is 32.2. The molecule has 2 aromatic heterocycles. The van der Waals surface area contributed by atoms with E-state index >= 15 is 0 Å². The average molecular weight is 377 g/mol. The number of carbonyl (C=O) groups excluding carboxylic acids is 1. The molecule has 0 N–H and O–H groups in total. The lowest BCUT2D eigenvalue weighted by Gasteiger charge is -2.05. The third kappa shape index (κ3) is 3.86. The van der Waals surface area contributed by atoms with Gasteiger partial charge in [-0.25, -0.2) is 4.79 Å². The number of aromatic nitrogens is 2. The Labute approximate surface area is 150 Å². The first-order chi connectivity index (χ1) is 12.1. The Morgan fingerprint density at radius 1 is 1.44 bits per heavy atom. The van der Waals surface area contributed by atoms with Gasteiger partial charge < -0.3 is 9.26 Å². The molecule has 128 valence electrons. The highest BCUT2D eigenvalue weighted by Gasteiger charge is 2.22. The van der Waals surface area contributed by atoms with Crippen LogP contribution in [0.3, 0.4) is 0 Å². The fourth-order valence-corrected chi connectivity index (χ4v) is 3.07. The van der Waals surface area contributed by atoms with Crippen LogP contribution in [0.1, 0.15) is 16.2 Å². The maximum absolute atomic E-state index is 12.2. The number of thioether (sulfide) groups is 1. The Kier molecular flexibility index (Phi) is 5.10. The Morgan fingerprint density at radius 2 is 2.28 bits per heavy atom. The molecule has 3 rings (SSSR count). The highest BCUT2D eigenvalue weighted by molar-refractivity contribution is 7.98. The number of thiophene rings is 1. The topological polar surface area (TPSA) is 108 Å². The van der Waals surface area contributed by atoms with Crippen molar-refractivity contribution in [3.63, 3.8) is 0 Å². The largest absolute Gasteiger partial charge is 0.454 e. The quantitative estimate of drug-likeness (QED) is 0.276. The number of carbonyl (C=O) groups is 1. The van der Waals surface area contributed by atoms with Gasteiger partial charge in [0.15, 0.2) is 6.61 Å². The van der Waals surface area contributed by atoms with Crippen LogP contribution in [0.2, 0.25) is 0 Å². The predicted molar refractivity (Wildman–Crippen MR) is 91.6 cm³/mol. The van der Waals surface area contributed by atoms with E-state index in [4.69, 9.17) is 9.26 Å². The van der Waals surface area contributed by atoms with Gasteiger partial charge >= 0.3 is 5.97 Å². The van der Waals surface area contributed by atoms with Crippen LogP contribution in [0.4, 0.5) is 5.69 Å². The first kappa shape index (κ1) is 17.1. The molecule has 0 radical (unpaired) electrons. The molecular formula is C15H11N3O5S2.